The van der Waals surface area contributed by atoms with E-state index in [0.717, 1.165) is 25.7 Å². The Morgan fingerprint density at radius 1 is 1.22 bits per heavy atom. The molecule has 1 heterocycles. The van der Waals surface area contributed by atoms with Crippen molar-refractivity contribution < 1.29 is 19.7 Å². The molecule has 0 amide bonds. The Bertz CT molecular complexity index is 930. The first kappa shape index (κ1) is 15.7. The number of hydrogen-bond donors (Lipinski definition) is 2. The van der Waals surface area contributed by atoms with Crippen LogP contribution in [-0.4, -0.2) is 27.9 Å². The number of hydrogen-bond acceptors (Lipinski definition) is 4. The molecule has 0 fully saturated rings. The molecule has 5 nitrogen and oxygen atoms in total. The molecule has 0 aliphatic carbocycles. The first-order valence-electron chi connectivity index (χ1n) is 6.82. The number of rotatable bonds is 2. The lowest BCUT2D eigenvalue weighted by atomic mass is 10.1. The van der Waals surface area contributed by atoms with E-state index in [1.807, 2.05) is 17.7 Å². The van der Waals surface area contributed by atoms with Crippen molar-refractivity contribution >= 4 is 39.5 Å². The van der Waals surface area contributed by atoms with Gasteiger partial charge in [0.25, 0.3) is 0 Å². The molecule has 0 aliphatic rings. The van der Waals surface area contributed by atoms with Crippen molar-refractivity contribution in [1.82, 2.24) is 4.57 Å². The summed E-state index contributed by atoms with van der Waals surface area (Å²) in [6.07, 6.45) is 0. The molecule has 0 saturated heterocycles. The highest BCUT2D eigenvalue weighted by molar-refractivity contribution is 14.1. The summed E-state index contributed by atoms with van der Waals surface area (Å²) >= 11 is 2.20. The number of carbonyl (C=O) groups excluding carboxylic acids is 1. The lowest BCUT2D eigenvalue weighted by Gasteiger charge is -2.06. The standard InChI is InChI=1S/C17H14INO4/c1-19-13-8-14(21)12(17(22)23-2)7-11(13)15(18)16(19)9-4-3-5-10(20)6-9/h3-8,20-21H,1-2H3. The van der Waals surface area contributed by atoms with Crippen LogP contribution in [0.15, 0.2) is 36.4 Å². The van der Waals surface area contributed by atoms with Crippen LogP contribution in [0.3, 0.4) is 0 Å². The number of aryl methyl sites for hydroxylation is 1. The topological polar surface area (TPSA) is 71.7 Å². The number of halogens is 1. The number of ether oxygens (including phenoxy) is 1. The first-order valence-corrected chi connectivity index (χ1v) is 7.90. The summed E-state index contributed by atoms with van der Waals surface area (Å²) in [5.41, 5.74) is 2.67. The normalized spacial score (nSPS) is 10.9. The summed E-state index contributed by atoms with van der Waals surface area (Å²) in [6, 6.07) is 10.1. The minimum Gasteiger partial charge on any atom is -0.508 e. The second kappa shape index (κ2) is 5.77. The van der Waals surface area contributed by atoms with Gasteiger partial charge in [-0.1, -0.05) is 12.1 Å². The Kier molecular flexibility index (Phi) is 3.93. The van der Waals surface area contributed by atoms with E-state index in [4.69, 9.17) is 4.74 Å². The maximum atomic E-state index is 11.8. The van der Waals surface area contributed by atoms with E-state index in [1.54, 1.807) is 30.3 Å². The van der Waals surface area contributed by atoms with Crippen molar-refractivity contribution in [2.45, 2.75) is 0 Å². The van der Waals surface area contributed by atoms with Gasteiger partial charge in [-0.15, -0.1) is 0 Å². The van der Waals surface area contributed by atoms with Crippen molar-refractivity contribution in [3.63, 3.8) is 0 Å². The third kappa shape index (κ3) is 2.52. The van der Waals surface area contributed by atoms with Gasteiger partial charge in [-0.3, -0.25) is 0 Å². The summed E-state index contributed by atoms with van der Waals surface area (Å²) in [5, 5.41) is 20.6. The maximum Gasteiger partial charge on any atom is 0.341 e. The molecule has 0 radical (unpaired) electrons. The number of esters is 1. The zero-order valence-corrected chi connectivity index (χ0v) is 14.7. The Morgan fingerprint density at radius 3 is 2.61 bits per heavy atom. The average molecular weight is 423 g/mol. The largest absolute Gasteiger partial charge is 0.508 e. The summed E-state index contributed by atoms with van der Waals surface area (Å²) < 4.78 is 7.55. The van der Waals surface area contributed by atoms with Gasteiger partial charge in [0.2, 0.25) is 0 Å². The lowest BCUT2D eigenvalue weighted by Crippen LogP contribution is -2.01. The number of fused-ring (bicyclic) bond motifs is 1. The van der Waals surface area contributed by atoms with Crippen LogP contribution in [0.5, 0.6) is 11.5 Å². The highest BCUT2D eigenvalue weighted by Gasteiger charge is 2.20. The number of phenolic OH excluding ortho intramolecular Hbond substituents is 2. The number of aromatic hydroxyl groups is 2. The molecule has 0 saturated carbocycles. The number of methoxy groups -OCH3 is 1. The van der Waals surface area contributed by atoms with Crippen molar-refractivity contribution in [2.75, 3.05) is 7.11 Å². The van der Waals surface area contributed by atoms with Gasteiger partial charge in [0, 0.05) is 27.6 Å². The number of carbonyl (C=O) groups is 1. The molecule has 2 N–H and O–H groups in total. The second-order valence-corrected chi connectivity index (χ2v) is 6.23. The van der Waals surface area contributed by atoms with Crippen LogP contribution >= 0.6 is 22.6 Å². The van der Waals surface area contributed by atoms with E-state index in [1.165, 1.54) is 7.11 Å². The number of benzene rings is 2. The Balaban J connectivity index is 2.32. The zero-order chi connectivity index (χ0) is 16.7. The molecule has 3 rings (SSSR count). The molecule has 2 aromatic carbocycles. The SMILES string of the molecule is COC(=O)c1cc2c(I)c(-c3cccc(O)c3)n(C)c2cc1O. The van der Waals surface area contributed by atoms with Gasteiger partial charge in [0.15, 0.2) is 0 Å². The molecule has 118 valence electrons. The van der Waals surface area contributed by atoms with E-state index in [9.17, 15) is 15.0 Å². The summed E-state index contributed by atoms with van der Waals surface area (Å²) in [4.78, 5) is 11.8. The van der Waals surface area contributed by atoms with Crippen LogP contribution in [0.1, 0.15) is 10.4 Å². The number of nitrogens with zero attached hydrogens (tertiary/aromatic N) is 1. The minimum atomic E-state index is -0.581. The van der Waals surface area contributed by atoms with Crippen molar-refractivity contribution in [1.29, 1.82) is 0 Å². The Hall–Kier alpha value is -2.22. The van der Waals surface area contributed by atoms with Gasteiger partial charge in [0.1, 0.15) is 17.1 Å². The maximum absolute atomic E-state index is 11.8. The van der Waals surface area contributed by atoms with Gasteiger partial charge in [-0.05, 0) is 40.8 Å². The minimum absolute atomic E-state index is 0.121. The van der Waals surface area contributed by atoms with Crippen molar-refractivity contribution in [3.05, 3.63) is 45.5 Å². The van der Waals surface area contributed by atoms with E-state index >= 15 is 0 Å². The molecular weight excluding hydrogens is 409 g/mol. The molecule has 0 unspecified atom stereocenters. The molecule has 0 atom stereocenters. The van der Waals surface area contributed by atoms with E-state index < -0.39 is 5.97 Å². The lowest BCUT2D eigenvalue weighted by molar-refractivity contribution is 0.0597. The molecule has 0 spiro atoms. The van der Waals surface area contributed by atoms with E-state index in [-0.39, 0.29) is 17.1 Å². The van der Waals surface area contributed by atoms with Crippen LogP contribution in [0.4, 0.5) is 0 Å². The quantitative estimate of drug-likeness (QED) is 0.488. The first-order chi connectivity index (χ1) is 10.9. The summed E-state index contributed by atoms with van der Waals surface area (Å²) in [7, 11) is 3.15. The van der Waals surface area contributed by atoms with Crippen LogP contribution in [-0.2, 0) is 11.8 Å². The summed E-state index contributed by atoms with van der Waals surface area (Å²) in [5.74, 6) is -0.520. The Morgan fingerprint density at radius 2 is 1.96 bits per heavy atom. The fourth-order valence-corrected chi connectivity index (χ4v) is 3.78. The smallest absolute Gasteiger partial charge is 0.341 e. The zero-order valence-electron chi connectivity index (χ0n) is 12.5. The Labute approximate surface area is 146 Å². The molecule has 1 aromatic heterocycles. The molecule has 6 heteroatoms. The van der Waals surface area contributed by atoms with Crippen LogP contribution < -0.4 is 0 Å². The summed E-state index contributed by atoms with van der Waals surface area (Å²) in [6.45, 7) is 0. The molecular formula is C17H14INO4. The van der Waals surface area contributed by atoms with Crippen LogP contribution in [0, 0.1) is 3.57 Å². The third-order valence-electron chi connectivity index (χ3n) is 3.78. The fourth-order valence-electron chi connectivity index (χ4n) is 2.67. The van der Waals surface area contributed by atoms with E-state index in [2.05, 4.69) is 22.6 Å². The molecule has 0 bridgehead atoms. The fraction of sp³-hybridized carbons (Fsp3) is 0.118. The predicted molar refractivity (Wildman–Crippen MR) is 95.7 cm³/mol. The van der Waals surface area contributed by atoms with Crippen molar-refractivity contribution in [3.8, 4) is 22.8 Å². The highest BCUT2D eigenvalue weighted by Crippen LogP contribution is 2.37. The predicted octanol–water partition coefficient (Wildman–Crippen LogP) is 3.65. The van der Waals surface area contributed by atoms with Gasteiger partial charge in [0.05, 0.1) is 18.3 Å². The highest BCUT2D eigenvalue weighted by atomic mass is 127. The molecule has 0 aliphatic heterocycles. The van der Waals surface area contributed by atoms with E-state index in [0.29, 0.717) is 0 Å². The average Bonchev–Trinajstić information content (AvgIpc) is 2.76. The van der Waals surface area contributed by atoms with Gasteiger partial charge in [-0.25, -0.2) is 4.79 Å². The third-order valence-corrected chi connectivity index (χ3v) is 4.87. The number of aromatic nitrogens is 1. The molecule has 3 aromatic rings. The van der Waals surface area contributed by atoms with Gasteiger partial charge in [-0.2, -0.15) is 0 Å². The molecule has 23 heavy (non-hydrogen) atoms. The monoisotopic (exact) mass is 423 g/mol. The van der Waals surface area contributed by atoms with Gasteiger partial charge < -0.3 is 19.5 Å². The van der Waals surface area contributed by atoms with Crippen molar-refractivity contribution in [2.24, 2.45) is 7.05 Å². The van der Waals surface area contributed by atoms with Gasteiger partial charge >= 0.3 is 5.97 Å². The van der Waals surface area contributed by atoms with Crippen LogP contribution in [0.2, 0.25) is 0 Å². The second-order valence-electron chi connectivity index (χ2n) is 5.15. The van der Waals surface area contributed by atoms with Crippen LogP contribution in [0.25, 0.3) is 22.2 Å². The number of phenols is 2.